The highest BCUT2D eigenvalue weighted by molar-refractivity contribution is 7.91. The second kappa shape index (κ2) is 6.97. The molecule has 0 bridgehead atoms. The predicted octanol–water partition coefficient (Wildman–Crippen LogP) is 3.28. The van der Waals surface area contributed by atoms with Gasteiger partial charge in [0.05, 0.1) is 9.36 Å². The van der Waals surface area contributed by atoms with Crippen molar-refractivity contribution in [2.24, 2.45) is 0 Å². The first-order valence-corrected chi connectivity index (χ1v) is 8.99. The van der Waals surface area contributed by atoms with E-state index < -0.39 is 22.5 Å². The van der Waals surface area contributed by atoms with Gasteiger partial charge in [-0.1, -0.05) is 35.3 Å². The van der Waals surface area contributed by atoms with Crippen LogP contribution in [0.1, 0.15) is 0 Å². The maximum absolute atomic E-state index is 12.2. The van der Waals surface area contributed by atoms with Gasteiger partial charge in [0.1, 0.15) is 16.5 Å². The van der Waals surface area contributed by atoms with Crippen molar-refractivity contribution >= 4 is 50.5 Å². The second-order valence-electron chi connectivity index (χ2n) is 4.22. The molecule has 1 aromatic carbocycles. The molecule has 0 saturated carbocycles. The Kier molecular flexibility index (Phi) is 5.46. The minimum Gasteiger partial charge on any atom is -0.424 e. The van der Waals surface area contributed by atoms with E-state index in [-0.39, 0.29) is 15.0 Å². The van der Waals surface area contributed by atoms with Crippen LogP contribution in [0.2, 0.25) is 9.36 Å². The number of likely N-dealkylation sites (N-methyl/N-ethyl adjacent to an activating group) is 1. The highest BCUT2D eigenvalue weighted by Crippen LogP contribution is 2.28. The molecule has 0 aliphatic carbocycles. The van der Waals surface area contributed by atoms with E-state index in [0.717, 1.165) is 15.6 Å². The number of thiophene rings is 1. The van der Waals surface area contributed by atoms with Crippen molar-refractivity contribution in [2.45, 2.75) is 4.21 Å². The summed E-state index contributed by atoms with van der Waals surface area (Å²) in [6.45, 7) is -0.441. The molecule has 0 aliphatic heterocycles. The Morgan fingerprint density at radius 1 is 1.23 bits per heavy atom. The molecule has 0 aliphatic rings. The van der Waals surface area contributed by atoms with E-state index in [1.54, 1.807) is 18.2 Å². The van der Waals surface area contributed by atoms with Gasteiger partial charge in [-0.25, -0.2) is 8.42 Å². The van der Waals surface area contributed by atoms with Crippen molar-refractivity contribution in [3.8, 4) is 5.75 Å². The molecule has 0 unspecified atom stereocenters. The normalized spacial score (nSPS) is 11.6. The molecule has 9 heteroatoms. The van der Waals surface area contributed by atoms with Crippen LogP contribution in [0, 0.1) is 0 Å². The average molecular weight is 380 g/mol. The largest absolute Gasteiger partial charge is 0.424 e. The molecule has 5 nitrogen and oxygen atoms in total. The third kappa shape index (κ3) is 3.99. The van der Waals surface area contributed by atoms with E-state index >= 15 is 0 Å². The minimum absolute atomic E-state index is 0.0607. The molecule has 0 radical (unpaired) electrons. The van der Waals surface area contributed by atoms with E-state index in [0.29, 0.717) is 4.34 Å². The number of ether oxygens (including phenoxy) is 1. The number of hydrogen-bond donors (Lipinski definition) is 0. The zero-order chi connectivity index (χ0) is 16.3. The Morgan fingerprint density at radius 2 is 1.91 bits per heavy atom. The lowest BCUT2D eigenvalue weighted by Gasteiger charge is -2.15. The van der Waals surface area contributed by atoms with Gasteiger partial charge in [-0.2, -0.15) is 4.31 Å². The molecule has 1 aromatic heterocycles. The standard InChI is InChI=1S/C13H11Cl2NO4S2/c1-16(22(18,19)13-7-6-11(15)21-13)8-12(17)20-10-5-3-2-4-9(10)14/h2-7H,8H2,1H3. The summed E-state index contributed by atoms with van der Waals surface area (Å²) in [6, 6.07) is 9.30. The molecule has 118 valence electrons. The van der Waals surface area contributed by atoms with Gasteiger partial charge in [0.25, 0.3) is 10.0 Å². The van der Waals surface area contributed by atoms with Gasteiger partial charge < -0.3 is 4.74 Å². The molecular formula is C13H11Cl2NO4S2. The van der Waals surface area contributed by atoms with Crippen LogP contribution in [0.5, 0.6) is 5.75 Å². The number of rotatable bonds is 5. The zero-order valence-corrected chi connectivity index (χ0v) is 14.5. The van der Waals surface area contributed by atoms with Crippen LogP contribution in [0.15, 0.2) is 40.6 Å². The van der Waals surface area contributed by atoms with Crippen molar-refractivity contribution in [3.05, 3.63) is 45.8 Å². The highest BCUT2D eigenvalue weighted by atomic mass is 35.5. The van der Waals surface area contributed by atoms with Crippen molar-refractivity contribution in [1.82, 2.24) is 4.31 Å². The number of sulfonamides is 1. The lowest BCUT2D eigenvalue weighted by molar-refractivity contribution is -0.134. The van der Waals surface area contributed by atoms with E-state index in [4.69, 9.17) is 27.9 Å². The zero-order valence-electron chi connectivity index (χ0n) is 11.3. The Morgan fingerprint density at radius 3 is 2.50 bits per heavy atom. The van der Waals surface area contributed by atoms with Crippen LogP contribution in [0.4, 0.5) is 0 Å². The number of benzene rings is 1. The summed E-state index contributed by atoms with van der Waals surface area (Å²) in [4.78, 5) is 11.8. The number of nitrogens with zero attached hydrogens (tertiary/aromatic N) is 1. The Labute approximate surface area is 142 Å². The topological polar surface area (TPSA) is 63.7 Å². The fourth-order valence-electron chi connectivity index (χ4n) is 1.54. The van der Waals surface area contributed by atoms with Gasteiger partial charge in [-0.05, 0) is 24.3 Å². The monoisotopic (exact) mass is 379 g/mol. The first kappa shape index (κ1) is 17.2. The van der Waals surface area contributed by atoms with Crippen LogP contribution in [0.3, 0.4) is 0 Å². The fraction of sp³-hybridized carbons (Fsp3) is 0.154. The number of para-hydroxylation sites is 1. The van der Waals surface area contributed by atoms with Gasteiger partial charge in [-0.3, -0.25) is 4.79 Å². The van der Waals surface area contributed by atoms with E-state index in [1.165, 1.54) is 25.2 Å². The van der Waals surface area contributed by atoms with Gasteiger partial charge in [-0.15, -0.1) is 11.3 Å². The van der Waals surface area contributed by atoms with Crippen molar-refractivity contribution < 1.29 is 17.9 Å². The summed E-state index contributed by atoms with van der Waals surface area (Å²) in [6.07, 6.45) is 0. The molecule has 0 fully saturated rings. The second-order valence-corrected chi connectivity index (χ2v) is 8.62. The quantitative estimate of drug-likeness (QED) is 0.590. The summed E-state index contributed by atoms with van der Waals surface area (Å²) >= 11 is 12.5. The smallest absolute Gasteiger partial charge is 0.326 e. The summed E-state index contributed by atoms with van der Waals surface area (Å²) < 4.78 is 30.9. The molecular weight excluding hydrogens is 369 g/mol. The van der Waals surface area contributed by atoms with E-state index in [1.807, 2.05) is 0 Å². The van der Waals surface area contributed by atoms with Crippen LogP contribution >= 0.6 is 34.5 Å². The van der Waals surface area contributed by atoms with Crippen LogP contribution < -0.4 is 4.74 Å². The Balaban J connectivity index is 2.07. The minimum atomic E-state index is -3.78. The lowest BCUT2D eigenvalue weighted by Crippen LogP contribution is -2.33. The van der Waals surface area contributed by atoms with E-state index in [9.17, 15) is 13.2 Å². The molecule has 22 heavy (non-hydrogen) atoms. The first-order valence-electron chi connectivity index (χ1n) is 5.97. The molecule has 0 amide bonds. The third-order valence-electron chi connectivity index (χ3n) is 2.63. The fourth-order valence-corrected chi connectivity index (χ4v) is 4.52. The summed E-state index contributed by atoms with van der Waals surface area (Å²) in [7, 11) is -2.49. The maximum atomic E-state index is 12.2. The number of carbonyl (C=O) groups excluding carboxylic acids is 1. The van der Waals surface area contributed by atoms with E-state index in [2.05, 4.69) is 0 Å². The molecule has 2 rings (SSSR count). The summed E-state index contributed by atoms with van der Waals surface area (Å²) in [5, 5.41) is 0.270. The number of hydrogen-bond acceptors (Lipinski definition) is 5. The molecule has 0 saturated heterocycles. The van der Waals surface area contributed by atoms with Gasteiger partial charge >= 0.3 is 5.97 Å². The molecule has 2 aromatic rings. The molecule has 0 atom stereocenters. The lowest BCUT2D eigenvalue weighted by atomic mass is 10.3. The van der Waals surface area contributed by atoms with Gasteiger partial charge in [0.15, 0.2) is 0 Å². The summed E-state index contributed by atoms with van der Waals surface area (Å²) in [5.41, 5.74) is 0. The highest BCUT2D eigenvalue weighted by Gasteiger charge is 2.25. The molecule has 1 heterocycles. The van der Waals surface area contributed by atoms with Crippen molar-refractivity contribution in [3.63, 3.8) is 0 Å². The third-order valence-corrected chi connectivity index (χ3v) is 6.44. The van der Waals surface area contributed by atoms with Gasteiger partial charge in [0.2, 0.25) is 0 Å². The number of halogens is 2. The molecule has 0 spiro atoms. The van der Waals surface area contributed by atoms with Crippen LogP contribution in [-0.4, -0.2) is 32.3 Å². The first-order chi connectivity index (χ1) is 10.3. The predicted molar refractivity (Wildman–Crippen MR) is 86.2 cm³/mol. The number of carbonyl (C=O) groups is 1. The van der Waals surface area contributed by atoms with Crippen LogP contribution in [0.25, 0.3) is 0 Å². The average Bonchev–Trinajstić information content (AvgIpc) is 2.88. The maximum Gasteiger partial charge on any atom is 0.326 e. The van der Waals surface area contributed by atoms with Crippen molar-refractivity contribution in [1.29, 1.82) is 0 Å². The van der Waals surface area contributed by atoms with Crippen molar-refractivity contribution in [2.75, 3.05) is 13.6 Å². The number of esters is 1. The SMILES string of the molecule is CN(CC(=O)Oc1ccccc1Cl)S(=O)(=O)c1ccc(Cl)s1. The summed E-state index contributed by atoms with van der Waals surface area (Å²) in [5.74, 6) is -0.555. The Hall–Kier alpha value is -1.12. The van der Waals surface area contributed by atoms with Crippen LogP contribution in [-0.2, 0) is 14.8 Å². The van der Waals surface area contributed by atoms with Gasteiger partial charge in [0, 0.05) is 7.05 Å². The Bertz CT molecular complexity index is 789. The molecule has 0 N–H and O–H groups in total.